The third kappa shape index (κ3) is 3.17. The number of hydrogen-bond acceptors (Lipinski definition) is 2. The standard InChI is InChI=1S/C13H21Br2N3/c1-10-13(15)12(17(2)16-10)9-18-8-4-6-11(18)5-3-7-14/h11H,3-9H2,1-2H3. The average molecular weight is 379 g/mol. The second-order valence-corrected chi connectivity index (χ2v) is 6.65. The van der Waals surface area contributed by atoms with Crippen LogP contribution in [0.4, 0.5) is 0 Å². The predicted molar refractivity (Wildman–Crippen MR) is 82.1 cm³/mol. The number of alkyl halides is 1. The Kier molecular flexibility index (Phi) is 5.27. The van der Waals surface area contributed by atoms with Crippen LogP contribution in [0.15, 0.2) is 4.47 Å². The van der Waals surface area contributed by atoms with Crippen LogP contribution in [0.5, 0.6) is 0 Å². The van der Waals surface area contributed by atoms with E-state index in [0.29, 0.717) is 0 Å². The van der Waals surface area contributed by atoms with Crippen molar-refractivity contribution in [3.05, 3.63) is 15.9 Å². The van der Waals surface area contributed by atoms with Crippen LogP contribution in [0.2, 0.25) is 0 Å². The molecule has 1 atom stereocenters. The van der Waals surface area contributed by atoms with Crippen LogP contribution in [0.25, 0.3) is 0 Å². The van der Waals surface area contributed by atoms with Crippen molar-refractivity contribution in [1.29, 1.82) is 0 Å². The minimum absolute atomic E-state index is 0.754. The molecule has 3 nitrogen and oxygen atoms in total. The van der Waals surface area contributed by atoms with Crippen molar-refractivity contribution in [2.75, 3.05) is 11.9 Å². The van der Waals surface area contributed by atoms with Gasteiger partial charge in [-0.15, -0.1) is 0 Å². The normalized spacial score (nSPS) is 20.8. The molecule has 0 saturated carbocycles. The van der Waals surface area contributed by atoms with Gasteiger partial charge in [0, 0.05) is 25.0 Å². The topological polar surface area (TPSA) is 21.1 Å². The van der Waals surface area contributed by atoms with Crippen LogP contribution in [-0.2, 0) is 13.6 Å². The molecule has 0 aliphatic carbocycles. The molecule has 0 radical (unpaired) electrons. The van der Waals surface area contributed by atoms with E-state index in [1.54, 1.807) is 0 Å². The quantitative estimate of drug-likeness (QED) is 0.729. The molecule has 0 amide bonds. The molecule has 1 aromatic rings. The molecule has 1 unspecified atom stereocenters. The zero-order chi connectivity index (χ0) is 13.1. The second-order valence-electron chi connectivity index (χ2n) is 5.07. The Bertz CT molecular complexity index is 403. The van der Waals surface area contributed by atoms with Crippen LogP contribution in [0.1, 0.15) is 37.1 Å². The largest absolute Gasteiger partial charge is 0.295 e. The van der Waals surface area contributed by atoms with Crippen molar-refractivity contribution in [1.82, 2.24) is 14.7 Å². The van der Waals surface area contributed by atoms with Gasteiger partial charge >= 0.3 is 0 Å². The van der Waals surface area contributed by atoms with E-state index >= 15 is 0 Å². The summed E-state index contributed by atoms with van der Waals surface area (Å²) in [5.74, 6) is 0. The van der Waals surface area contributed by atoms with E-state index in [1.165, 1.54) is 42.4 Å². The van der Waals surface area contributed by atoms with E-state index in [4.69, 9.17) is 0 Å². The first kappa shape index (κ1) is 14.5. The molecule has 18 heavy (non-hydrogen) atoms. The summed E-state index contributed by atoms with van der Waals surface area (Å²) in [4.78, 5) is 2.61. The fourth-order valence-electron chi connectivity index (χ4n) is 2.79. The number of nitrogens with zero attached hydrogens (tertiary/aromatic N) is 3. The van der Waals surface area contributed by atoms with E-state index in [-0.39, 0.29) is 0 Å². The molecule has 102 valence electrons. The van der Waals surface area contributed by atoms with Crippen molar-refractivity contribution in [3.8, 4) is 0 Å². The third-order valence-electron chi connectivity index (χ3n) is 3.78. The van der Waals surface area contributed by atoms with E-state index in [9.17, 15) is 0 Å². The summed E-state index contributed by atoms with van der Waals surface area (Å²) < 4.78 is 3.19. The van der Waals surface area contributed by atoms with Gasteiger partial charge in [0.1, 0.15) is 0 Å². The highest BCUT2D eigenvalue weighted by Crippen LogP contribution is 2.27. The maximum absolute atomic E-state index is 4.48. The lowest BCUT2D eigenvalue weighted by molar-refractivity contribution is 0.228. The molecule has 1 aromatic heterocycles. The summed E-state index contributed by atoms with van der Waals surface area (Å²) in [5, 5.41) is 5.59. The molecule has 0 bridgehead atoms. The Labute approximate surface area is 126 Å². The Morgan fingerprint density at radius 2 is 2.22 bits per heavy atom. The van der Waals surface area contributed by atoms with Gasteiger partial charge in [0.2, 0.25) is 0 Å². The van der Waals surface area contributed by atoms with Gasteiger partial charge < -0.3 is 0 Å². The molecule has 0 aromatic carbocycles. The van der Waals surface area contributed by atoms with Gasteiger partial charge in [-0.2, -0.15) is 5.10 Å². The molecule has 1 fully saturated rings. The van der Waals surface area contributed by atoms with Crippen molar-refractivity contribution in [2.45, 2.75) is 45.2 Å². The predicted octanol–water partition coefficient (Wildman–Crippen LogP) is 3.63. The highest BCUT2D eigenvalue weighted by molar-refractivity contribution is 9.10. The molecular formula is C13H21Br2N3. The summed E-state index contributed by atoms with van der Waals surface area (Å²) >= 11 is 7.19. The summed E-state index contributed by atoms with van der Waals surface area (Å²) in [5.41, 5.74) is 2.39. The van der Waals surface area contributed by atoms with Gasteiger partial charge in [-0.1, -0.05) is 15.9 Å². The molecule has 0 N–H and O–H groups in total. The maximum atomic E-state index is 4.48. The minimum atomic E-state index is 0.754. The summed E-state index contributed by atoms with van der Waals surface area (Å²) in [7, 11) is 2.04. The molecule has 2 rings (SSSR count). The molecule has 1 aliphatic rings. The van der Waals surface area contributed by atoms with Gasteiger partial charge in [-0.3, -0.25) is 9.58 Å². The number of aryl methyl sites for hydroxylation is 2. The number of rotatable bonds is 5. The van der Waals surface area contributed by atoms with E-state index in [0.717, 1.165) is 23.6 Å². The van der Waals surface area contributed by atoms with Gasteiger partial charge in [0.15, 0.2) is 0 Å². The Morgan fingerprint density at radius 3 is 2.83 bits per heavy atom. The first-order chi connectivity index (χ1) is 8.63. The molecule has 0 spiro atoms. The molecular weight excluding hydrogens is 358 g/mol. The van der Waals surface area contributed by atoms with Crippen LogP contribution in [0, 0.1) is 6.92 Å². The lowest BCUT2D eigenvalue weighted by Gasteiger charge is -2.24. The number of halogens is 2. The highest BCUT2D eigenvalue weighted by Gasteiger charge is 2.25. The fourth-order valence-corrected chi connectivity index (χ4v) is 3.57. The molecule has 1 saturated heterocycles. The van der Waals surface area contributed by atoms with Crippen LogP contribution >= 0.6 is 31.9 Å². The van der Waals surface area contributed by atoms with Crippen molar-refractivity contribution < 1.29 is 0 Å². The second kappa shape index (κ2) is 6.53. The Morgan fingerprint density at radius 1 is 1.44 bits per heavy atom. The van der Waals surface area contributed by atoms with Crippen LogP contribution in [0.3, 0.4) is 0 Å². The average Bonchev–Trinajstić information content (AvgIpc) is 2.87. The van der Waals surface area contributed by atoms with Crippen molar-refractivity contribution >= 4 is 31.9 Å². The van der Waals surface area contributed by atoms with Gasteiger partial charge in [0.05, 0.1) is 15.9 Å². The SMILES string of the molecule is Cc1nn(C)c(CN2CCCC2CCCBr)c1Br. The first-order valence-electron chi connectivity index (χ1n) is 6.61. The maximum Gasteiger partial charge on any atom is 0.0739 e. The zero-order valence-corrected chi connectivity index (χ0v) is 14.3. The van der Waals surface area contributed by atoms with E-state index in [1.807, 2.05) is 11.7 Å². The number of hydrogen-bond donors (Lipinski definition) is 0. The van der Waals surface area contributed by atoms with E-state index < -0.39 is 0 Å². The zero-order valence-electron chi connectivity index (χ0n) is 11.1. The van der Waals surface area contributed by atoms with Crippen LogP contribution in [-0.4, -0.2) is 32.6 Å². The third-order valence-corrected chi connectivity index (χ3v) is 5.38. The molecule has 5 heteroatoms. The fraction of sp³-hybridized carbons (Fsp3) is 0.769. The molecule has 1 aliphatic heterocycles. The summed E-state index contributed by atoms with van der Waals surface area (Å²) in [6, 6.07) is 0.754. The highest BCUT2D eigenvalue weighted by atomic mass is 79.9. The van der Waals surface area contributed by atoms with Crippen molar-refractivity contribution in [2.24, 2.45) is 7.05 Å². The summed E-state index contributed by atoms with van der Waals surface area (Å²) in [6.07, 6.45) is 5.26. The van der Waals surface area contributed by atoms with Gasteiger partial charge in [-0.25, -0.2) is 0 Å². The minimum Gasteiger partial charge on any atom is -0.295 e. The van der Waals surface area contributed by atoms with Gasteiger partial charge in [-0.05, 0) is 55.1 Å². The molecule has 2 heterocycles. The number of aromatic nitrogens is 2. The monoisotopic (exact) mass is 377 g/mol. The van der Waals surface area contributed by atoms with E-state index in [2.05, 4.69) is 48.8 Å². The lowest BCUT2D eigenvalue weighted by Crippen LogP contribution is -2.30. The Hall–Kier alpha value is 0.130. The van der Waals surface area contributed by atoms with Crippen LogP contribution < -0.4 is 0 Å². The first-order valence-corrected chi connectivity index (χ1v) is 8.53. The Balaban J connectivity index is 2.03. The smallest absolute Gasteiger partial charge is 0.0739 e. The van der Waals surface area contributed by atoms with Gasteiger partial charge in [0.25, 0.3) is 0 Å². The lowest BCUT2D eigenvalue weighted by atomic mass is 10.1. The number of likely N-dealkylation sites (tertiary alicyclic amines) is 1. The van der Waals surface area contributed by atoms with Crippen molar-refractivity contribution in [3.63, 3.8) is 0 Å². The summed E-state index contributed by atoms with van der Waals surface area (Å²) in [6.45, 7) is 4.30.